The van der Waals surface area contributed by atoms with Crippen LogP contribution in [0.15, 0.2) is 23.1 Å². The first kappa shape index (κ1) is 28.0. The molecule has 35 heavy (non-hydrogen) atoms. The number of pyridine rings is 1. The second-order valence-electron chi connectivity index (χ2n) is 8.01. The molecule has 11 heteroatoms. The van der Waals surface area contributed by atoms with Crippen LogP contribution in [0.25, 0.3) is 0 Å². The van der Waals surface area contributed by atoms with Gasteiger partial charge in [0.05, 0.1) is 13.2 Å². The van der Waals surface area contributed by atoms with E-state index in [2.05, 4.69) is 10.3 Å². The van der Waals surface area contributed by atoms with Gasteiger partial charge in [0.2, 0.25) is 5.43 Å². The minimum absolute atomic E-state index is 0.0692. The van der Waals surface area contributed by atoms with E-state index in [-0.39, 0.29) is 23.4 Å². The summed E-state index contributed by atoms with van der Waals surface area (Å²) in [4.78, 5) is 49.8. The third-order valence-electron chi connectivity index (χ3n) is 5.00. The number of hydrogen-bond donors (Lipinski definition) is 2. The van der Waals surface area contributed by atoms with Crippen molar-refractivity contribution in [1.29, 1.82) is 0 Å². The summed E-state index contributed by atoms with van der Waals surface area (Å²) in [6.07, 6.45) is 5.83. The average Bonchev–Trinajstić information content (AvgIpc) is 2.82. The number of Topliss-reactive ketones (excluding diaryl/α,β-unsaturated/α-hetero) is 1. The number of esters is 1. The molecule has 0 atom stereocenters. The lowest BCUT2D eigenvalue weighted by Gasteiger charge is -2.12. The summed E-state index contributed by atoms with van der Waals surface area (Å²) in [7, 11) is 1.16. The summed E-state index contributed by atoms with van der Waals surface area (Å²) >= 11 is 5.48. The summed E-state index contributed by atoms with van der Waals surface area (Å²) in [6.45, 7) is 2.92. The van der Waals surface area contributed by atoms with Gasteiger partial charge in [0.25, 0.3) is 5.91 Å². The van der Waals surface area contributed by atoms with Gasteiger partial charge in [-0.3, -0.25) is 14.4 Å². The molecule has 1 fully saturated rings. The highest BCUT2D eigenvalue weighted by Crippen LogP contribution is 2.22. The Hall–Kier alpha value is -3.27. The Labute approximate surface area is 206 Å². The quantitative estimate of drug-likeness (QED) is 0.440. The summed E-state index contributed by atoms with van der Waals surface area (Å²) in [5.41, 5.74) is -1.53. The Kier molecular flexibility index (Phi) is 10.4. The smallest absolute Gasteiger partial charge is 0.359 e. The van der Waals surface area contributed by atoms with Crippen molar-refractivity contribution >= 4 is 29.3 Å². The summed E-state index contributed by atoms with van der Waals surface area (Å²) in [5, 5.41) is 1.63. The number of methoxy groups -OCH3 is 1. The van der Waals surface area contributed by atoms with Gasteiger partial charge in [0.15, 0.2) is 11.4 Å². The maximum Gasteiger partial charge on any atom is 0.359 e. The molecule has 1 aromatic heterocycles. The molecule has 1 amide bonds. The molecular weight excluding hydrogens is 486 g/mol. The highest BCUT2D eigenvalue weighted by molar-refractivity contribution is 6.30. The number of carbonyl (C=O) groups is 3. The number of carbonyl (C=O) groups excluding carboxylic acids is 3. The number of amides is 1. The van der Waals surface area contributed by atoms with Crippen molar-refractivity contribution in [3.05, 3.63) is 62.0 Å². The molecule has 0 unspecified atom stereocenters. The Morgan fingerprint density at radius 3 is 2.34 bits per heavy atom. The molecule has 8 nitrogen and oxygen atoms in total. The lowest BCUT2D eigenvalue weighted by atomic mass is 10.00. The number of H-pyrrole nitrogens is 1. The van der Waals surface area contributed by atoms with Crippen LogP contribution in [-0.4, -0.2) is 35.9 Å². The first-order chi connectivity index (χ1) is 16.6. The minimum Gasteiger partial charge on any atom is -0.491 e. The highest BCUT2D eigenvalue weighted by Gasteiger charge is 2.23. The van der Waals surface area contributed by atoms with Gasteiger partial charge in [-0.25, -0.2) is 13.6 Å². The number of halogens is 3. The molecule has 0 aliphatic heterocycles. The van der Waals surface area contributed by atoms with Gasteiger partial charge < -0.3 is 19.8 Å². The van der Waals surface area contributed by atoms with E-state index in [1.807, 2.05) is 0 Å². The molecular formula is C24H27ClF2N2O6. The van der Waals surface area contributed by atoms with Crippen LogP contribution in [0.2, 0.25) is 5.02 Å². The molecule has 2 N–H and O–H groups in total. The summed E-state index contributed by atoms with van der Waals surface area (Å²) in [5.74, 6) is -3.55. The van der Waals surface area contributed by atoms with Gasteiger partial charge in [0, 0.05) is 31.1 Å². The number of aromatic amines is 1. The number of ketones is 1. The molecule has 3 rings (SSSR count). The molecule has 0 bridgehead atoms. The van der Waals surface area contributed by atoms with Crippen LogP contribution >= 0.6 is 11.6 Å². The lowest BCUT2D eigenvalue weighted by molar-refractivity contribution is -0.120. The van der Waals surface area contributed by atoms with Crippen LogP contribution in [0, 0.1) is 11.6 Å². The van der Waals surface area contributed by atoms with Gasteiger partial charge >= 0.3 is 5.97 Å². The van der Waals surface area contributed by atoms with Crippen LogP contribution in [0.3, 0.4) is 0 Å². The van der Waals surface area contributed by atoms with Gasteiger partial charge in [-0.15, -0.1) is 0 Å². The van der Waals surface area contributed by atoms with Crippen LogP contribution in [0.4, 0.5) is 8.78 Å². The van der Waals surface area contributed by atoms with E-state index < -0.39 is 45.8 Å². The predicted octanol–water partition coefficient (Wildman–Crippen LogP) is 4.33. The molecule has 1 aromatic carbocycles. The van der Waals surface area contributed by atoms with Crippen molar-refractivity contribution in [3.8, 4) is 5.75 Å². The van der Waals surface area contributed by atoms with Crippen molar-refractivity contribution < 1.29 is 32.6 Å². The number of rotatable bonds is 6. The standard InChI is InChI=1S/C18H17ClF2N2O5.C6H10O/c1-8(2)28-18(26)14-16(27-3)15(24)10(7-22-14)17(25)23-6-9-4-5-11(20)12(19)13(9)21;7-6-4-2-1-3-5-6/h4-5,7-8H,6H2,1-3H3,(H,22,24)(H,23,25);1-5H2. The van der Waals surface area contributed by atoms with Gasteiger partial charge in [-0.1, -0.05) is 24.1 Å². The van der Waals surface area contributed by atoms with Crippen molar-refractivity contribution in [3.63, 3.8) is 0 Å². The zero-order valence-corrected chi connectivity index (χ0v) is 20.4. The molecule has 0 radical (unpaired) electrons. The number of aromatic nitrogens is 1. The van der Waals surface area contributed by atoms with Crippen LogP contribution in [0.5, 0.6) is 5.75 Å². The fourth-order valence-corrected chi connectivity index (χ4v) is 3.40. The number of ether oxygens (including phenoxy) is 2. The third kappa shape index (κ3) is 7.61. The maximum absolute atomic E-state index is 13.9. The number of hydrogen-bond acceptors (Lipinski definition) is 6. The lowest BCUT2D eigenvalue weighted by Crippen LogP contribution is -2.30. The zero-order chi connectivity index (χ0) is 26.1. The first-order valence-electron chi connectivity index (χ1n) is 11.0. The Balaban J connectivity index is 0.000000527. The predicted molar refractivity (Wildman–Crippen MR) is 125 cm³/mol. The van der Waals surface area contributed by atoms with Gasteiger partial charge in [-0.2, -0.15) is 0 Å². The van der Waals surface area contributed by atoms with Crippen molar-refractivity contribution in [2.45, 2.75) is 58.6 Å². The van der Waals surface area contributed by atoms with Gasteiger partial charge in [-0.05, 0) is 32.8 Å². The monoisotopic (exact) mass is 512 g/mol. The fourth-order valence-electron chi connectivity index (χ4n) is 3.22. The zero-order valence-electron chi connectivity index (χ0n) is 19.6. The van der Waals surface area contributed by atoms with Crippen LogP contribution in [0.1, 0.15) is 72.4 Å². The molecule has 1 aliphatic rings. The number of nitrogens with one attached hydrogen (secondary N) is 2. The Morgan fingerprint density at radius 2 is 1.80 bits per heavy atom. The van der Waals surface area contributed by atoms with E-state index in [0.717, 1.165) is 51.1 Å². The SMILES string of the molecule is COc1c(C(=O)OC(C)C)[nH]cc(C(=O)NCc2ccc(F)c(Cl)c2F)c1=O.O=C1CCCCC1. The third-order valence-corrected chi connectivity index (χ3v) is 5.35. The van der Waals surface area contributed by atoms with Crippen molar-refractivity contribution in [2.24, 2.45) is 0 Å². The van der Waals surface area contributed by atoms with Crippen molar-refractivity contribution in [2.75, 3.05) is 7.11 Å². The fraction of sp³-hybridized carbons (Fsp3) is 0.417. The molecule has 1 aliphatic carbocycles. The van der Waals surface area contributed by atoms with Crippen molar-refractivity contribution in [1.82, 2.24) is 10.3 Å². The summed E-state index contributed by atoms with van der Waals surface area (Å²) < 4.78 is 37.0. The second kappa shape index (κ2) is 13.0. The first-order valence-corrected chi connectivity index (χ1v) is 11.4. The Bertz CT molecular complexity index is 1140. The second-order valence-corrected chi connectivity index (χ2v) is 8.39. The molecule has 2 aromatic rings. The maximum atomic E-state index is 13.9. The topological polar surface area (TPSA) is 115 Å². The molecule has 0 saturated heterocycles. The number of benzene rings is 1. The van der Waals surface area contributed by atoms with E-state index in [9.17, 15) is 28.0 Å². The van der Waals surface area contributed by atoms with E-state index in [4.69, 9.17) is 21.1 Å². The molecule has 0 spiro atoms. The minimum atomic E-state index is -1.01. The van der Waals surface area contributed by atoms with Crippen LogP contribution < -0.4 is 15.5 Å². The summed E-state index contributed by atoms with van der Waals surface area (Å²) in [6, 6.07) is 2.07. The van der Waals surface area contributed by atoms with E-state index in [1.165, 1.54) is 6.42 Å². The molecule has 190 valence electrons. The van der Waals surface area contributed by atoms with E-state index in [0.29, 0.717) is 5.78 Å². The normalized spacial score (nSPS) is 13.1. The average molecular weight is 513 g/mol. The molecule has 1 saturated carbocycles. The largest absolute Gasteiger partial charge is 0.491 e. The van der Waals surface area contributed by atoms with Gasteiger partial charge in [0.1, 0.15) is 28.0 Å². The molecule has 1 heterocycles. The highest BCUT2D eigenvalue weighted by atomic mass is 35.5. The van der Waals surface area contributed by atoms with E-state index >= 15 is 0 Å². The van der Waals surface area contributed by atoms with E-state index in [1.54, 1.807) is 13.8 Å². The van der Waals surface area contributed by atoms with Crippen LogP contribution in [-0.2, 0) is 16.1 Å². The Morgan fingerprint density at radius 1 is 1.14 bits per heavy atom.